The van der Waals surface area contributed by atoms with E-state index in [2.05, 4.69) is 15.9 Å². The number of Topliss-reactive ketones (excluding diaryl/α,β-unsaturated/α-hetero) is 1. The minimum Gasteiger partial charge on any atom is -0.489 e. The van der Waals surface area contributed by atoms with Gasteiger partial charge in [0, 0.05) is 11.0 Å². The largest absolute Gasteiger partial charge is 0.489 e. The molecule has 0 aliphatic heterocycles. The van der Waals surface area contributed by atoms with Crippen molar-refractivity contribution in [1.82, 2.24) is 4.90 Å². The molecule has 0 aliphatic carbocycles. The van der Waals surface area contributed by atoms with Crippen LogP contribution in [0.5, 0.6) is 5.75 Å². The number of carbonyl (C=O) groups is 1. The molecule has 2 N–H and O–H groups in total. The fourth-order valence-electron chi connectivity index (χ4n) is 1.37. The molecule has 0 radical (unpaired) electrons. The molecule has 0 fully saturated rings. The number of rotatable bonds is 5. The van der Waals surface area contributed by atoms with E-state index in [4.69, 9.17) is 10.5 Å². The Morgan fingerprint density at radius 2 is 2.12 bits per heavy atom. The average molecular weight is 301 g/mol. The lowest BCUT2D eigenvalue weighted by atomic mass is 10.1. The Hall–Kier alpha value is -1.07. The zero-order valence-corrected chi connectivity index (χ0v) is 11.9. The van der Waals surface area contributed by atoms with Crippen molar-refractivity contribution in [2.45, 2.75) is 6.92 Å². The van der Waals surface area contributed by atoms with Gasteiger partial charge in [-0.05, 0) is 33.2 Å². The predicted molar refractivity (Wildman–Crippen MR) is 72.6 cm³/mol. The standard InChI is InChI=1S/C12H17BrN2O2/c1-8(16)10-6-9(13)7-11(14)12(10)17-5-4-15(2)3/h6-7H,4-5,14H2,1-3H3. The number of ketones is 1. The van der Waals surface area contributed by atoms with Gasteiger partial charge in [0.25, 0.3) is 0 Å². The number of halogens is 1. The molecule has 1 aromatic rings. The summed E-state index contributed by atoms with van der Waals surface area (Å²) in [5.41, 5.74) is 6.84. The lowest BCUT2D eigenvalue weighted by Gasteiger charge is -2.15. The molecule has 5 heteroatoms. The van der Waals surface area contributed by atoms with Gasteiger partial charge in [-0.1, -0.05) is 15.9 Å². The quantitative estimate of drug-likeness (QED) is 0.669. The second-order valence-corrected chi connectivity index (χ2v) is 5.00. The van der Waals surface area contributed by atoms with Crippen molar-refractivity contribution >= 4 is 27.4 Å². The predicted octanol–water partition coefficient (Wildman–Crippen LogP) is 2.17. The minimum atomic E-state index is -0.0575. The van der Waals surface area contributed by atoms with E-state index in [-0.39, 0.29) is 5.78 Å². The molecule has 0 saturated carbocycles. The molecule has 0 amide bonds. The number of ether oxygens (including phenoxy) is 1. The highest BCUT2D eigenvalue weighted by atomic mass is 79.9. The number of likely N-dealkylation sites (N-methyl/N-ethyl adjacent to an activating group) is 1. The first kappa shape index (κ1) is 14.0. The Balaban J connectivity index is 2.92. The van der Waals surface area contributed by atoms with Crippen LogP contribution in [0, 0.1) is 0 Å². The van der Waals surface area contributed by atoms with Gasteiger partial charge in [-0.25, -0.2) is 0 Å². The highest BCUT2D eigenvalue weighted by Crippen LogP contribution is 2.31. The summed E-state index contributed by atoms with van der Waals surface area (Å²) in [6.45, 7) is 2.77. The smallest absolute Gasteiger partial charge is 0.163 e. The van der Waals surface area contributed by atoms with E-state index in [1.165, 1.54) is 6.92 Å². The molecule has 0 heterocycles. The number of hydrogen-bond donors (Lipinski definition) is 1. The van der Waals surface area contributed by atoms with Crippen LogP contribution in [0.3, 0.4) is 0 Å². The van der Waals surface area contributed by atoms with E-state index in [9.17, 15) is 4.79 Å². The Labute approximate surface area is 110 Å². The maximum absolute atomic E-state index is 11.5. The van der Waals surface area contributed by atoms with Crippen molar-refractivity contribution in [3.63, 3.8) is 0 Å². The molecule has 0 atom stereocenters. The molecule has 0 bridgehead atoms. The van der Waals surface area contributed by atoms with Crippen molar-refractivity contribution in [3.05, 3.63) is 22.2 Å². The molecular formula is C12H17BrN2O2. The number of benzene rings is 1. The van der Waals surface area contributed by atoms with Crippen LogP contribution < -0.4 is 10.5 Å². The summed E-state index contributed by atoms with van der Waals surface area (Å²) >= 11 is 3.31. The van der Waals surface area contributed by atoms with Gasteiger partial charge in [0.05, 0.1) is 11.3 Å². The van der Waals surface area contributed by atoms with Crippen molar-refractivity contribution < 1.29 is 9.53 Å². The molecule has 0 saturated heterocycles. The van der Waals surface area contributed by atoms with E-state index in [1.54, 1.807) is 12.1 Å². The van der Waals surface area contributed by atoms with Crippen LogP contribution in [-0.4, -0.2) is 37.9 Å². The summed E-state index contributed by atoms with van der Waals surface area (Å²) < 4.78 is 6.36. The summed E-state index contributed by atoms with van der Waals surface area (Å²) in [5.74, 6) is 0.417. The fourth-order valence-corrected chi connectivity index (χ4v) is 1.84. The minimum absolute atomic E-state index is 0.0575. The number of nitrogens with two attached hydrogens (primary N) is 1. The van der Waals surface area contributed by atoms with Crippen molar-refractivity contribution in [2.24, 2.45) is 0 Å². The van der Waals surface area contributed by atoms with Crippen LogP contribution in [0.2, 0.25) is 0 Å². The summed E-state index contributed by atoms with van der Waals surface area (Å²) in [5, 5.41) is 0. The summed E-state index contributed by atoms with van der Waals surface area (Å²) in [6.07, 6.45) is 0. The lowest BCUT2D eigenvalue weighted by Crippen LogP contribution is -2.20. The van der Waals surface area contributed by atoms with Crippen LogP contribution in [0.25, 0.3) is 0 Å². The van der Waals surface area contributed by atoms with Crippen LogP contribution >= 0.6 is 15.9 Å². The first-order valence-corrected chi connectivity index (χ1v) is 6.08. The molecule has 17 heavy (non-hydrogen) atoms. The highest BCUT2D eigenvalue weighted by molar-refractivity contribution is 9.10. The number of hydrogen-bond acceptors (Lipinski definition) is 4. The Kier molecular flexibility index (Phi) is 4.96. The third kappa shape index (κ3) is 4.02. The average Bonchev–Trinajstić information content (AvgIpc) is 2.19. The van der Waals surface area contributed by atoms with Gasteiger partial charge >= 0.3 is 0 Å². The molecule has 0 unspecified atom stereocenters. The molecule has 0 aromatic heterocycles. The number of nitrogens with zero attached hydrogens (tertiary/aromatic N) is 1. The fraction of sp³-hybridized carbons (Fsp3) is 0.417. The molecule has 1 aromatic carbocycles. The number of anilines is 1. The maximum Gasteiger partial charge on any atom is 0.163 e. The Morgan fingerprint density at radius 3 is 2.65 bits per heavy atom. The third-order valence-corrected chi connectivity index (χ3v) is 2.70. The van der Waals surface area contributed by atoms with Gasteiger partial charge in [-0.2, -0.15) is 0 Å². The number of nitrogen functional groups attached to an aromatic ring is 1. The van der Waals surface area contributed by atoms with Crippen LogP contribution in [0.15, 0.2) is 16.6 Å². The molecule has 94 valence electrons. The van der Waals surface area contributed by atoms with Crippen LogP contribution in [0.4, 0.5) is 5.69 Å². The van der Waals surface area contributed by atoms with Crippen LogP contribution in [0.1, 0.15) is 17.3 Å². The number of carbonyl (C=O) groups excluding carboxylic acids is 1. The van der Waals surface area contributed by atoms with Crippen molar-refractivity contribution in [1.29, 1.82) is 0 Å². The maximum atomic E-state index is 11.5. The SMILES string of the molecule is CC(=O)c1cc(Br)cc(N)c1OCCN(C)C. The summed E-state index contributed by atoms with van der Waals surface area (Å²) in [4.78, 5) is 13.5. The molecule has 0 aliphatic rings. The molecule has 0 spiro atoms. The first-order chi connectivity index (χ1) is 7.91. The summed E-state index contributed by atoms with van der Waals surface area (Å²) in [6, 6.07) is 3.46. The second kappa shape index (κ2) is 6.02. The summed E-state index contributed by atoms with van der Waals surface area (Å²) in [7, 11) is 3.92. The van der Waals surface area contributed by atoms with Gasteiger partial charge in [-0.3, -0.25) is 4.79 Å². The van der Waals surface area contributed by atoms with Gasteiger partial charge in [0.1, 0.15) is 6.61 Å². The monoisotopic (exact) mass is 300 g/mol. The van der Waals surface area contributed by atoms with Crippen molar-refractivity contribution in [3.8, 4) is 5.75 Å². The molecular weight excluding hydrogens is 284 g/mol. The van der Waals surface area contributed by atoms with Gasteiger partial charge in [0.15, 0.2) is 11.5 Å². The van der Waals surface area contributed by atoms with Crippen LogP contribution in [-0.2, 0) is 0 Å². The topological polar surface area (TPSA) is 55.6 Å². The van der Waals surface area contributed by atoms with Crippen molar-refractivity contribution in [2.75, 3.05) is 33.0 Å². The van der Waals surface area contributed by atoms with E-state index >= 15 is 0 Å². The normalized spacial score (nSPS) is 10.6. The van der Waals surface area contributed by atoms with E-state index in [1.807, 2.05) is 19.0 Å². The third-order valence-electron chi connectivity index (χ3n) is 2.25. The van der Waals surface area contributed by atoms with Gasteiger partial charge < -0.3 is 15.4 Å². The molecule has 4 nitrogen and oxygen atoms in total. The van der Waals surface area contributed by atoms with E-state index in [0.717, 1.165) is 11.0 Å². The van der Waals surface area contributed by atoms with E-state index < -0.39 is 0 Å². The zero-order chi connectivity index (χ0) is 13.0. The second-order valence-electron chi connectivity index (χ2n) is 4.08. The van der Waals surface area contributed by atoms with Gasteiger partial charge in [0.2, 0.25) is 0 Å². The zero-order valence-electron chi connectivity index (χ0n) is 10.3. The molecule has 1 rings (SSSR count). The highest BCUT2D eigenvalue weighted by Gasteiger charge is 2.13. The Morgan fingerprint density at radius 1 is 1.47 bits per heavy atom. The first-order valence-electron chi connectivity index (χ1n) is 5.29. The Bertz CT molecular complexity index is 419. The van der Waals surface area contributed by atoms with E-state index in [0.29, 0.717) is 23.6 Å². The lowest BCUT2D eigenvalue weighted by molar-refractivity contribution is 0.101. The van der Waals surface area contributed by atoms with Gasteiger partial charge in [-0.15, -0.1) is 0 Å².